The summed E-state index contributed by atoms with van der Waals surface area (Å²) in [6.07, 6.45) is 0.971. The Morgan fingerprint density at radius 3 is 2.70 bits per heavy atom. The number of ether oxygens (including phenoxy) is 3. The summed E-state index contributed by atoms with van der Waals surface area (Å²) in [7, 11) is 5.21. The molecule has 2 aromatic carbocycles. The number of methoxy groups -OCH3 is 2. The fourth-order valence-corrected chi connectivity index (χ4v) is 3.20. The minimum Gasteiger partial charge on any atom is -0.497 e. The van der Waals surface area contributed by atoms with E-state index in [-0.39, 0.29) is 6.10 Å². The van der Waals surface area contributed by atoms with E-state index in [1.54, 1.807) is 14.2 Å². The standard InChI is InChI=1S/C18H20ClNO3/c1-20-10-14-7-11-6-12(19)8-16(18(11)23-14)15-5-4-13(21-2)9-17(15)22-3/h4-6,8-9,14,20H,7,10H2,1-3H3. The van der Waals surface area contributed by atoms with Crippen molar-refractivity contribution in [3.63, 3.8) is 0 Å². The summed E-state index contributed by atoms with van der Waals surface area (Å²) in [5.41, 5.74) is 3.02. The van der Waals surface area contributed by atoms with E-state index in [0.717, 1.165) is 46.9 Å². The van der Waals surface area contributed by atoms with Gasteiger partial charge in [0.1, 0.15) is 23.4 Å². The van der Waals surface area contributed by atoms with Crippen LogP contribution in [-0.2, 0) is 6.42 Å². The third-order valence-electron chi connectivity index (χ3n) is 3.99. The van der Waals surface area contributed by atoms with Gasteiger partial charge in [0.05, 0.1) is 14.2 Å². The molecule has 1 heterocycles. The Hall–Kier alpha value is -1.91. The Kier molecular flexibility index (Phi) is 4.64. The van der Waals surface area contributed by atoms with Gasteiger partial charge < -0.3 is 19.5 Å². The quantitative estimate of drug-likeness (QED) is 0.908. The van der Waals surface area contributed by atoms with Gasteiger partial charge in [-0.05, 0) is 36.9 Å². The first kappa shape index (κ1) is 16.0. The zero-order valence-electron chi connectivity index (χ0n) is 13.5. The van der Waals surface area contributed by atoms with E-state index >= 15 is 0 Å². The summed E-state index contributed by atoms with van der Waals surface area (Å²) in [6, 6.07) is 9.64. The van der Waals surface area contributed by atoms with Crippen molar-refractivity contribution in [2.24, 2.45) is 0 Å². The molecule has 0 amide bonds. The molecule has 1 atom stereocenters. The molecule has 0 aromatic heterocycles. The molecular formula is C18H20ClNO3. The average molecular weight is 334 g/mol. The summed E-state index contributed by atoms with van der Waals surface area (Å²) in [6.45, 7) is 0.797. The first-order chi connectivity index (χ1) is 11.2. The molecule has 0 fully saturated rings. The van der Waals surface area contributed by atoms with Gasteiger partial charge in [0, 0.05) is 35.2 Å². The monoisotopic (exact) mass is 333 g/mol. The van der Waals surface area contributed by atoms with Crippen LogP contribution in [0, 0.1) is 0 Å². The van der Waals surface area contributed by atoms with Crippen LogP contribution in [0.1, 0.15) is 5.56 Å². The molecule has 1 aliphatic heterocycles. The van der Waals surface area contributed by atoms with Gasteiger partial charge in [-0.25, -0.2) is 0 Å². The molecule has 1 aliphatic rings. The van der Waals surface area contributed by atoms with Gasteiger partial charge >= 0.3 is 0 Å². The molecule has 4 nitrogen and oxygen atoms in total. The lowest BCUT2D eigenvalue weighted by Crippen LogP contribution is -2.27. The number of likely N-dealkylation sites (N-methyl/N-ethyl adjacent to an activating group) is 1. The van der Waals surface area contributed by atoms with Gasteiger partial charge in [0.2, 0.25) is 0 Å². The van der Waals surface area contributed by atoms with E-state index in [0.29, 0.717) is 5.02 Å². The van der Waals surface area contributed by atoms with Crippen molar-refractivity contribution in [2.45, 2.75) is 12.5 Å². The minimum atomic E-state index is 0.122. The lowest BCUT2D eigenvalue weighted by molar-refractivity contribution is 0.232. The van der Waals surface area contributed by atoms with Gasteiger partial charge in [0.15, 0.2) is 0 Å². The number of rotatable bonds is 5. The highest BCUT2D eigenvalue weighted by molar-refractivity contribution is 6.31. The van der Waals surface area contributed by atoms with E-state index < -0.39 is 0 Å². The third kappa shape index (κ3) is 3.09. The predicted octanol–water partition coefficient (Wildman–Crippen LogP) is 3.55. The molecule has 0 saturated carbocycles. The first-order valence-electron chi connectivity index (χ1n) is 7.52. The summed E-state index contributed by atoms with van der Waals surface area (Å²) in [4.78, 5) is 0. The number of hydrogen-bond donors (Lipinski definition) is 1. The van der Waals surface area contributed by atoms with Crippen molar-refractivity contribution in [3.8, 4) is 28.4 Å². The Labute approximate surface area is 141 Å². The largest absolute Gasteiger partial charge is 0.497 e. The van der Waals surface area contributed by atoms with E-state index in [4.69, 9.17) is 25.8 Å². The molecule has 0 saturated heterocycles. The lowest BCUT2D eigenvalue weighted by atomic mass is 9.99. The van der Waals surface area contributed by atoms with Crippen LogP contribution >= 0.6 is 11.6 Å². The highest BCUT2D eigenvalue weighted by Gasteiger charge is 2.27. The molecule has 0 bridgehead atoms. The topological polar surface area (TPSA) is 39.7 Å². The number of nitrogens with one attached hydrogen (secondary N) is 1. The van der Waals surface area contributed by atoms with Crippen LogP contribution in [-0.4, -0.2) is 33.9 Å². The van der Waals surface area contributed by atoms with Crippen molar-refractivity contribution >= 4 is 11.6 Å². The Bertz CT molecular complexity index is 718. The summed E-state index contributed by atoms with van der Waals surface area (Å²) in [5.74, 6) is 2.37. The van der Waals surface area contributed by atoms with E-state index in [9.17, 15) is 0 Å². The number of hydrogen-bond acceptors (Lipinski definition) is 4. The Morgan fingerprint density at radius 1 is 1.17 bits per heavy atom. The molecule has 122 valence electrons. The molecule has 3 rings (SSSR count). The minimum absolute atomic E-state index is 0.122. The fraction of sp³-hybridized carbons (Fsp3) is 0.333. The van der Waals surface area contributed by atoms with Crippen LogP contribution in [0.15, 0.2) is 30.3 Å². The molecule has 0 radical (unpaired) electrons. The molecule has 5 heteroatoms. The summed E-state index contributed by atoms with van der Waals surface area (Å²) < 4.78 is 16.9. The summed E-state index contributed by atoms with van der Waals surface area (Å²) in [5, 5.41) is 3.86. The van der Waals surface area contributed by atoms with Crippen LogP contribution in [0.4, 0.5) is 0 Å². The zero-order valence-corrected chi connectivity index (χ0v) is 14.2. The van der Waals surface area contributed by atoms with Gasteiger partial charge in [-0.2, -0.15) is 0 Å². The molecule has 1 N–H and O–H groups in total. The normalized spacial score (nSPS) is 15.9. The highest BCUT2D eigenvalue weighted by atomic mass is 35.5. The maximum atomic E-state index is 6.32. The number of fused-ring (bicyclic) bond motifs is 1. The van der Waals surface area contributed by atoms with Gasteiger partial charge in [-0.15, -0.1) is 0 Å². The third-order valence-corrected chi connectivity index (χ3v) is 4.21. The molecule has 23 heavy (non-hydrogen) atoms. The van der Waals surface area contributed by atoms with Crippen LogP contribution in [0.25, 0.3) is 11.1 Å². The number of halogens is 1. The van der Waals surface area contributed by atoms with Crippen LogP contribution in [0.5, 0.6) is 17.2 Å². The van der Waals surface area contributed by atoms with Crippen molar-refractivity contribution in [1.82, 2.24) is 5.32 Å². The van der Waals surface area contributed by atoms with Gasteiger partial charge in [-0.1, -0.05) is 11.6 Å². The molecule has 0 aliphatic carbocycles. The van der Waals surface area contributed by atoms with Crippen molar-refractivity contribution in [1.29, 1.82) is 0 Å². The van der Waals surface area contributed by atoms with Gasteiger partial charge in [-0.3, -0.25) is 0 Å². The Morgan fingerprint density at radius 2 is 2.00 bits per heavy atom. The molecule has 0 spiro atoms. The van der Waals surface area contributed by atoms with E-state index in [1.165, 1.54) is 0 Å². The highest BCUT2D eigenvalue weighted by Crippen LogP contribution is 2.44. The second kappa shape index (κ2) is 6.69. The van der Waals surface area contributed by atoms with Crippen molar-refractivity contribution in [2.75, 3.05) is 27.8 Å². The van der Waals surface area contributed by atoms with Crippen LogP contribution in [0.2, 0.25) is 5.02 Å². The first-order valence-corrected chi connectivity index (χ1v) is 7.90. The average Bonchev–Trinajstić information content (AvgIpc) is 2.96. The summed E-state index contributed by atoms with van der Waals surface area (Å²) >= 11 is 6.32. The SMILES string of the molecule is CNCC1Cc2cc(Cl)cc(-c3ccc(OC)cc3OC)c2O1. The number of benzene rings is 2. The molecule has 1 unspecified atom stereocenters. The van der Waals surface area contributed by atoms with Crippen LogP contribution in [0.3, 0.4) is 0 Å². The maximum Gasteiger partial charge on any atom is 0.131 e. The van der Waals surface area contributed by atoms with Crippen molar-refractivity contribution in [3.05, 3.63) is 40.9 Å². The second-order valence-corrected chi connectivity index (χ2v) is 5.95. The zero-order chi connectivity index (χ0) is 16.4. The predicted molar refractivity (Wildman–Crippen MR) is 92.0 cm³/mol. The van der Waals surface area contributed by atoms with Gasteiger partial charge in [0.25, 0.3) is 0 Å². The second-order valence-electron chi connectivity index (χ2n) is 5.51. The lowest BCUT2D eigenvalue weighted by Gasteiger charge is -2.15. The fourth-order valence-electron chi connectivity index (χ4n) is 2.96. The van der Waals surface area contributed by atoms with E-state index in [1.807, 2.05) is 37.4 Å². The van der Waals surface area contributed by atoms with E-state index in [2.05, 4.69) is 5.32 Å². The molecular weight excluding hydrogens is 314 g/mol. The maximum absolute atomic E-state index is 6.32. The smallest absolute Gasteiger partial charge is 0.131 e. The Balaban J connectivity index is 2.08. The van der Waals surface area contributed by atoms with Crippen LogP contribution < -0.4 is 19.5 Å². The molecule has 2 aromatic rings. The van der Waals surface area contributed by atoms with Crippen molar-refractivity contribution < 1.29 is 14.2 Å².